The van der Waals surface area contributed by atoms with Crippen molar-refractivity contribution < 1.29 is 19.5 Å². The number of benzene rings is 2. The van der Waals surface area contributed by atoms with Crippen molar-refractivity contribution in [1.29, 1.82) is 0 Å². The van der Waals surface area contributed by atoms with Gasteiger partial charge in [0.25, 0.3) is 5.91 Å². The van der Waals surface area contributed by atoms with Crippen molar-refractivity contribution in [2.75, 3.05) is 10.2 Å². The number of aromatic nitrogens is 1. The van der Waals surface area contributed by atoms with E-state index in [2.05, 4.69) is 15.6 Å². The Morgan fingerprint density at radius 3 is 2.36 bits per heavy atom. The zero-order valence-electron chi connectivity index (χ0n) is 21.9. The van der Waals surface area contributed by atoms with Gasteiger partial charge in [-0.15, -0.1) is 11.3 Å². The summed E-state index contributed by atoms with van der Waals surface area (Å²) in [5.41, 5.74) is 2.79. The Hall–Kier alpha value is -4.50. The SMILES string of the molecule is CC(C)(C)N(C(=O)[O-])c1ccc(-c2cccs2)cc1NC(=O)c1ccc(CNC(=O)Cc2cccnc2)cc1. The van der Waals surface area contributed by atoms with Gasteiger partial charge in [0.1, 0.15) is 6.09 Å². The first-order valence-electron chi connectivity index (χ1n) is 12.4. The van der Waals surface area contributed by atoms with Crippen LogP contribution < -0.4 is 20.6 Å². The van der Waals surface area contributed by atoms with Crippen LogP contribution >= 0.6 is 11.3 Å². The Bertz CT molecular complexity index is 1450. The second kappa shape index (κ2) is 11.9. The van der Waals surface area contributed by atoms with E-state index in [1.165, 1.54) is 0 Å². The smallest absolute Gasteiger partial charge is 0.255 e. The highest BCUT2D eigenvalue weighted by atomic mass is 32.1. The zero-order valence-corrected chi connectivity index (χ0v) is 22.7. The fourth-order valence-electron chi connectivity index (χ4n) is 4.08. The van der Waals surface area contributed by atoms with E-state index in [1.807, 2.05) is 29.6 Å². The lowest BCUT2D eigenvalue weighted by Gasteiger charge is -2.39. The lowest BCUT2D eigenvalue weighted by Crippen LogP contribution is -2.52. The normalized spacial score (nSPS) is 11.1. The molecule has 2 heterocycles. The predicted molar refractivity (Wildman–Crippen MR) is 152 cm³/mol. The molecule has 0 aliphatic carbocycles. The molecule has 9 heteroatoms. The molecule has 0 saturated heterocycles. The van der Waals surface area contributed by atoms with Crippen LogP contribution in [0, 0.1) is 0 Å². The minimum Gasteiger partial charge on any atom is -0.530 e. The van der Waals surface area contributed by atoms with Gasteiger partial charge in [0.05, 0.1) is 17.8 Å². The van der Waals surface area contributed by atoms with Crippen molar-refractivity contribution in [3.05, 3.63) is 101 Å². The quantitative estimate of drug-likeness (QED) is 0.330. The lowest BCUT2D eigenvalue weighted by molar-refractivity contribution is -0.247. The molecule has 3 amide bonds. The molecule has 39 heavy (non-hydrogen) atoms. The maximum absolute atomic E-state index is 13.2. The summed E-state index contributed by atoms with van der Waals surface area (Å²) in [6.45, 7) is 5.60. The summed E-state index contributed by atoms with van der Waals surface area (Å²) in [5, 5.41) is 19.8. The molecule has 2 aromatic carbocycles. The van der Waals surface area contributed by atoms with Crippen LogP contribution in [0.2, 0.25) is 0 Å². The molecule has 0 bridgehead atoms. The van der Waals surface area contributed by atoms with E-state index < -0.39 is 11.6 Å². The number of nitrogens with zero attached hydrogens (tertiary/aromatic N) is 2. The molecular formula is C30H29N4O4S-. The number of hydrogen-bond acceptors (Lipinski definition) is 6. The highest BCUT2D eigenvalue weighted by Gasteiger charge is 2.26. The molecule has 0 unspecified atom stereocenters. The second-order valence-corrected chi connectivity index (χ2v) is 10.9. The highest BCUT2D eigenvalue weighted by Crippen LogP contribution is 2.36. The van der Waals surface area contributed by atoms with Crippen molar-refractivity contribution in [2.45, 2.75) is 39.3 Å². The third kappa shape index (κ3) is 7.08. The van der Waals surface area contributed by atoms with Crippen molar-refractivity contribution in [1.82, 2.24) is 10.3 Å². The van der Waals surface area contributed by atoms with E-state index in [4.69, 9.17) is 0 Å². The van der Waals surface area contributed by atoms with E-state index in [0.29, 0.717) is 23.5 Å². The number of carboxylic acid groups (broad SMARTS) is 1. The number of nitrogens with one attached hydrogen (secondary N) is 2. The van der Waals surface area contributed by atoms with E-state index in [1.54, 1.807) is 87.0 Å². The second-order valence-electron chi connectivity index (χ2n) is 9.95. The van der Waals surface area contributed by atoms with Crippen molar-refractivity contribution in [3.63, 3.8) is 0 Å². The number of carbonyl (C=O) groups is 3. The number of anilines is 2. The van der Waals surface area contributed by atoms with Crippen LogP contribution in [0.1, 0.15) is 42.3 Å². The first kappa shape index (κ1) is 27.5. The summed E-state index contributed by atoms with van der Waals surface area (Å²) in [4.78, 5) is 43.7. The molecule has 200 valence electrons. The minimum atomic E-state index is -1.36. The fraction of sp³-hybridized carbons (Fsp3) is 0.200. The maximum Gasteiger partial charge on any atom is 0.255 e. The summed E-state index contributed by atoms with van der Waals surface area (Å²) < 4.78 is 0. The third-order valence-electron chi connectivity index (χ3n) is 5.94. The Balaban J connectivity index is 1.50. The molecule has 4 aromatic rings. The van der Waals surface area contributed by atoms with E-state index >= 15 is 0 Å². The van der Waals surface area contributed by atoms with Crippen molar-refractivity contribution >= 4 is 40.6 Å². The van der Waals surface area contributed by atoms with Crippen molar-refractivity contribution in [3.8, 4) is 10.4 Å². The molecule has 0 aliphatic heterocycles. The molecule has 0 saturated carbocycles. The van der Waals surface area contributed by atoms with Crippen LogP contribution in [0.15, 0.2) is 84.5 Å². The summed E-state index contributed by atoms with van der Waals surface area (Å²) in [5.74, 6) is -0.516. The Morgan fingerprint density at radius 2 is 1.74 bits per heavy atom. The minimum absolute atomic E-state index is 0.126. The van der Waals surface area contributed by atoms with Crippen LogP contribution in [0.3, 0.4) is 0 Å². The molecule has 0 atom stereocenters. The van der Waals surface area contributed by atoms with Gasteiger partial charge in [-0.05, 0) is 79.2 Å². The molecule has 0 spiro atoms. The summed E-state index contributed by atoms with van der Waals surface area (Å²) in [6.07, 6.45) is 2.18. The molecule has 0 radical (unpaired) electrons. The van der Waals surface area contributed by atoms with Gasteiger partial charge in [0, 0.05) is 34.9 Å². The topological polar surface area (TPSA) is 114 Å². The van der Waals surface area contributed by atoms with Gasteiger partial charge in [-0.3, -0.25) is 14.6 Å². The van der Waals surface area contributed by atoms with Crippen LogP contribution in [0.5, 0.6) is 0 Å². The summed E-state index contributed by atoms with van der Waals surface area (Å²) in [7, 11) is 0. The summed E-state index contributed by atoms with van der Waals surface area (Å²) in [6, 6.07) is 19.7. The largest absolute Gasteiger partial charge is 0.530 e. The molecule has 0 aliphatic rings. The fourth-order valence-corrected chi connectivity index (χ4v) is 4.80. The average molecular weight is 542 g/mol. The number of thiophene rings is 1. The number of amides is 3. The first-order chi connectivity index (χ1) is 18.6. The zero-order chi connectivity index (χ0) is 28.0. The Morgan fingerprint density at radius 1 is 0.974 bits per heavy atom. The van der Waals surface area contributed by atoms with Gasteiger partial charge in [-0.2, -0.15) is 0 Å². The van der Waals surface area contributed by atoms with Gasteiger partial charge in [-0.1, -0.05) is 30.3 Å². The molecule has 2 N–H and O–H groups in total. The number of carbonyl (C=O) groups excluding carboxylic acids is 3. The van der Waals surface area contributed by atoms with Crippen molar-refractivity contribution in [2.24, 2.45) is 0 Å². The van der Waals surface area contributed by atoms with E-state index in [9.17, 15) is 19.5 Å². The van der Waals surface area contributed by atoms with Crippen LogP contribution in [-0.4, -0.2) is 28.4 Å². The third-order valence-corrected chi connectivity index (χ3v) is 6.86. The number of hydrogen-bond donors (Lipinski definition) is 2. The average Bonchev–Trinajstić information content (AvgIpc) is 3.43. The van der Waals surface area contributed by atoms with Gasteiger partial charge >= 0.3 is 0 Å². The Labute approximate surface area is 231 Å². The summed E-state index contributed by atoms with van der Waals surface area (Å²) >= 11 is 1.55. The number of rotatable bonds is 8. The monoisotopic (exact) mass is 541 g/mol. The highest BCUT2D eigenvalue weighted by molar-refractivity contribution is 7.13. The van der Waals surface area contributed by atoms with Crippen LogP contribution in [-0.2, 0) is 17.8 Å². The standard InChI is InChI=1S/C30H30N4O4S/c1-30(2,3)34(29(37)38)25-13-12-23(26-7-5-15-39-26)17-24(25)33-28(36)22-10-8-20(9-11-22)19-32-27(35)16-21-6-4-14-31-18-21/h4-15,17-18H,16,19H2,1-3H3,(H,32,35)(H,33,36)(H,37,38)/p-1. The molecule has 4 rings (SSSR count). The van der Waals surface area contributed by atoms with E-state index in [0.717, 1.165) is 26.5 Å². The lowest BCUT2D eigenvalue weighted by atomic mass is 10.0. The predicted octanol–water partition coefficient (Wildman–Crippen LogP) is 4.87. The number of pyridine rings is 1. The maximum atomic E-state index is 13.2. The van der Waals surface area contributed by atoms with Crippen LogP contribution in [0.4, 0.5) is 16.2 Å². The molecular weight excluding hydrogens is 512 g/mol. The first-order valence-corrected chi connectivity index (χ1v) is 13.2. The molecule has 8 nitrogen and oxygen atoms in total. The van der Waals surface area contributed by atoms with Gasteiger partial charge < -0.3 is 25.4 Å². The van der Waals surface area contributed by atoms with E-state index in [-0.39, 0.29) is 18.2 Å². The van der Waals surface area contributed by atoms with Crippen LogP contribution in [0.25, 0.3) is 10.4 Å². The molecule has 2 aromatic heterocycles. The molecule has 0 fully saturated rings. The van der Waals surface area contributed by atoms with Gasteiger partial charge in [-0.25, -0.2) is 0 Å². The Kier molecular flexibility index (Phi) is 8.41. The van der Waals surface area contributed by atoms with Gasteiger partial charge in [0.15, 0.2) is 0 Å². The van der Waals surface area contributed by atoms with Gasteiger partial charge in [0.2, 0.25) is 5.91 Å².